The van der Waals surface area contributed by atoms with Crippen molar-refractivity contribution >= 4 is 11.6 Å². The molecule has 1 aromatic rings. The fourth-order valence-corrected chi connectivity index (χ4v) is 2.95. The summed E-state index contributed by atoms with van der Waals surface area (Å²) in [5, 5.41) is 4.32. The van der Waals surface area contributed by atoms with Gasteiger partial charge in [-0.05, 0) is 62.4 Å². The second kappa shape index (κ2) is 6.82. The molecule has 0 aliphatic heterocycles. The van der Waals surface area contributed by atoms with Gasteiger partial charge in [0.05, 0.1) is 0 Å². The molecule has 3 heteroatoms. The third-order valence-electron chi connectivity index (χ3n) is 4.13. The topological polar surface area (TPSA) is 21.3 Å². The highest BCUT2D eigenvalue weighted by molar-refractivity contribution is 6.31. The van der Waals surface area contributed by atoms with Gasteiger partial charge in [-0.25, -0.2) is 0 Å². The van der Waals surface area contributed by atoms with Crippen molar-refractivity contribution in [3.8, 4) is 5.75 Å². The van der Waals surface area contributed by atoms with Crippen LogP contribution in [0.25, 0.3) is 0 Å². The number of halogens is 1. The maximum absolute atomic E-state index is 6.32. The number of hydrogen-bond acceptors (Lipinski definition) is 2. The molecule has 0 saturated heterocycles. The van der Waals surface area contributed by atoms with Gasteiger partial charge >= 0.3 is 0 Å². The first kappa shape index (κ1) is 15.7. The Morgan fingerprint density at radius 2 is 2.10 bits per heavy atom. The number of hydrogen-bond donors (Lipinski definition) is 1. The second-order valence-electron chi connectivity index (χ2n) is 6.10. The molecule has 1 saturated carbocycles. The summed E-state index contributed by atoms with van der Waals surface area (Å²) >= 11 is 6.17. The largest absolute Gasteiger partial charge is 0.487 e. The molecule has 1 fully saturated rings. The lowest BCUT2D eigenvalue weighted by molar-refractivity contribution is -0.0145. The zero-order valence-electron chi connectivity index (χ0n) is 12.8. The summed E-state index contributed by atoms with van der Waals surface area (Å²) in [6.45, 7) is 7.50. The van der Waals surface area contributed by atoms with E-state index in [9.17, 15) is 0 Å². The van der Waals surface area contributed by atoms with Crippen molar-refractivity contribution in [2.75, 3.05) is 6.54 Å². The summed E-state index contributed by atoms with van der Waals surface area (Å²) in [6.07, 6.45) is 5.62. The second-order valence-corrected chi connectivity index (χ2v) is 6.51. The first-order valence-corrected chi connectivity index (χ1v) is 8.13. The van der Waals surface area contributed by atoms with Crippen LogP contribution in [0.5, 0.6) is 5.75 Å². The van der Waals surface area contributed by atoms with Crippen molar-refractivity contribution in [2.45, 2.75) is 64.5 Å². The van der Waals surface area contributed by atoms with Crippen LogP contribution in [0.15, 0.2) is 18.2 Å². The Kier molecular flexibility index (Phi) is 5.34. The van der Waals surface area contributed by atoms with E-state index >= 15 is 0 Å². The van der Waals surface area contributed by atoms with Crippen molar-refractivity contribution in [3.05, 3.63) is 28.8 Å². The van der Waals surface area contributed by atoms with E-state index in [0.717, 1.165) is 43.0 Å². The SMILES string of the molecule is CCc1cc(OC2(CCNC(C)C)CCC2)ccc1Cl. The number of ether oxygens (including phenoxy) is 1. The maximum atomic E-state index is 6.32. The van der Waals surface area contributed by atoms with Gasteiger partial charge in [-0.2, -0.15) is 0 Å². The summed E-state index contributed by atoms with van der Waals surface area (Å²) in [5.41, 5.74) is 1.21. The maximum Gasteiger partial charge on any atom is 0.120 e. The molecule has 0 atom stereocenters. The van der Waals surface area contributed by atoms with Gasteiger partial charge in [-0.1, -0.05) is 32.4 Å². The number of rotatable bonds is 7. The third-order valence-corrected chi connectivity index (χ3v) is 4.50. The smallest absolute Gasteiger partial charge is 0.120 e. The summed E-state index contributed by atoms with van der Waals surface area (Å²) in [4.78, 5) is 0. The van der Waals surface area contributed by atoms with E-state index < -0.39 is 0 Å². The number of benzene rings is 1. The van der Waals surface area contributed by atoms with E-state index in [1.165, 1.54) is 12.0 Å². The van der Waals surface area contributed by atoms with E-state index in [0.29, 0.717) is 6.04 Å². The summed E-state index contributed by atoms with van der Waals surface area (Å²) < 4.78 is 6.32. The van der Waals surface area contributed by atoms with Gasteiger partial charge in [-0.15, -0.1) is 0 Å². The Hall–Kier alpha value is -0.730. The van der Waals surface area contributed by atoms with E-state index in [4.69, 9.17) is 16.3 Å². The fourth-order valence-electron chi connectivity index (χ4n) is 2.70. The minimum atomic E-state index is 0.0424. The van der Waals surface area contributed by atoms with Crippen molar-refractivity contribution in [3.63, 3.8) is 0 Å². The minimum Gasteiger partial charge on any atom is -0.487 e. The number of aryl methyl sites for hydroxylation is 1. The summed E-state index contributed by atoms with van der Waals surface area (Å²) in [7, 11) is 0. The standard InChI is InChI=1S/C17H26ClNO/c1-4-14-12-15(6-7-16(14)18)20-17(8-5-9-17)10-11-19-13(2)3/h6-7,12-13,19H,4-5,8-11H2,1-3H3. The summed E-state index contributed by atoms with van der Waals surface area (Å²) in [5.74, 6) is 0.968. The van der Waals surface area contributed by atoms with Gasteiger partial charge in [0, 0.05) is 11.1 Å². The molecule has 1 N–H and O–H groups in total. The molecule has 0 radical (unpaired) electrons. The number of nitrogens with one attached hydrogen (secondary N) is 1. The van der Waals surface area contributed by atoms with Crippen LogP contribution in [0.3, 0.4) is 0 Å². The van der Waals surface area contributed by atoms with E-state index in [1.807, 2.05) is 12.1 Å². The molecule has 112 valence electrons. The Labute approximate surface area is 127 Å². The predicted molar refractivity (Wildman–Crippen MR) is 85.8 cm³/mol. The molecule has 1 aliphatic carbocycles. The molecule has 0 heterocycles. The predicted octanol–water partition coefficient (Wildman–Crippen LogP) is 4.59. The Morgan fingerprint density at radius 1 is 1.35 bits per heavy atom. The molecular weight excluding hydrogens is 270 g/mol. The summed E-state index contributed by atoms with van der Waals surface area (Å²) in [6, 6.07) is 6.58. The molecule has 0 spiro atoms. The highest BCUT2D eigenvalue weighted by Gasteiger charge is 2.38. The molecule has 0 bridgehead atoms. The van der Waals surface area contributed by atoms with Gasteiger partial charge in [0.25, 0.3) is 0 Å². The molecule has 20 heavy (non-hydrogen) atoms. The molecule has 0 amide bonds. The van der Waals surface area contributed by atoms with Crippen LogP contribution in [-0.2, 0) is 6.42 Å². The van der Waals surface area contributed by atoms with E-state index in [2.05, 4.69) is 32.2 Å². The molecule has 0 unspecified atom stereocenters. The molecular formula is C17H26ClNO. The normalized spacial score (nSPS) is 17.1. The van der Waals surface area contributed by atoms with Gasteiger partial charge < -0.3 is 10.1 Å². The lowest BCUT2D eigenvalue weighted by atomic mass is 9.77. The zero-order chi connectivity index (χ0) is 14.6. The van der Waals surface area contributed by atoms with Gasteiger partial charge in [0.15, 0.2) is 0 Å². The Bertz CT molecular complexity index is 441. The first-order valence-electron chi connectivity index (χ1n) is 7.75. The van der Waals surface area contributed by atoms with E-state index in [-0.39, 0.29) is 5.60 Å². The molecule has 0 aromatic heterocycles. The van der Waals surface area contributed by atoms with Crippen LogP contribution in [0, 0.1) is 0 Å². The lowest BCUT2D eigenvalue weighted by Gasteiger charge is -2.42. The average molecular weight is 296 g/mol. The Balaban J connectivity index is 1.98. The van der Waals surface area contributed by atoms with Crippen LogP contribution in [0.2, 0.25) is 5.02 Å². The van der Waals surface area contributed by atoms with Crippen LogP contribution >= 0.6 is 11.6 Å². The molecule has 1 aliphatic rings. The minimum absolute atomic E-state index is 0.0424. The monoisotopic (exact) mass is 295 g/mol. The third kappa shape index (κ3) is 3.89. The first-order chi connectivity index (χ1) is 9.54. The van der Waals surface area contributed by atoms with Crippen molar-refractivity contribution in [1.82, 2.24) is 5.32 Å². The Morgan fingerprint density at radius 3 is 2.65 bits per heavy atom. The zero-order valence-corrected chi connectivity index (χ0v) is 13.6. The van der Waals surface area contributed by atoms with Gasteiger partial charge in [-0.3, -0.25) is 0 Å². The van der Waals surface area contributed by atoms with Gasteiger partial charge in [0.2, 0.25) is 0 Å². The van der Waals surface area contributed by atoms with Crippen LogP contribution < -0.4 is 10.1 Å². The van der Waals surface area contributed by atoms with Crippen LogP contribution in [0.4, 0.5) is 0 Å². The van der Waals surface area contributed by atoms with Crippen LogP contribution in [-0.4, -0.2) is 18.2 Å². The quantitative estimate of drug-likeness (QED) is 0.794. The average Bonchev–Trinajstić information content (AvgIpc) is 2.37. The van der Waals surface area contributed by atoms with E-state index in [1.54, 1.807) is 0 Å². The lowest BCUT2D eigenvalue weighted by Crippen LogP contribution is -2.46. The molecule has 2 nitrogen and oxygen atoms in total. The van der Waals surface area contributed by atoms with Crippen molar-refractivity contribution < 1.29 is 4.74 Å². The van der Waals surface area contributed by atoms with Crippen molar-refractivity contribution in [2.24, 2.45) is 0 Å². The fraction of sp³-hybridized carbons (Fsp3) is 0.647. The molecule has 1 aromatic carbocycles. The highest BCUT2D eigenvalue weighted by Crippen LogP contribution is 2.39. The highest BCUT2D eigenvalue weighted by atomic mass is 35.5. The molecule has 2 rings (SSSR count). The van der Waals surface area contributed by atoms with Gasteiger partial charge in [0.1, 0.15) is 11.4 Å². The van der Waals surface area contributed by atoms with Crippen molar-refractivity contribution in [1.29, 1.82) is 0 Å². The van der Waals surface area contributed by atoms with Crippen LogP contribution in [0.1, 0.15) is 52.0 Å².